The molecule has 30 heteroatoms. The Hall–Kier alpha value is -7.33. The Morgan fingerprint density at radius 1 is 0.798 bits per heavy atom. The van der Waals surface area contributed by atoms with Gasteiger partial charge in [-0.1, -0.05) is 73.5 Å². The minimum atomic E-state index is -2.71. The molecule has 8 aliphatic rings. The van der Waals surface area contributed by atoms with Crippen molar-refractivity contribution in [3.63, 3.8) is 0 Å². The number of amides is 4. The van der Waals surface area contributed by atoms with Crippen LogP contribution >= 0.6 is 35.4 Å². The van der Waals surface area contributed by atoms with Gasteiger partial charge < -0.3 is 107 Å². The highest BCUT2D eigenvalue weighted by molar-refractivity contribution is 7.80. The maximum absolute atomic E-state index is 15.6. The number of benzene rings is 5. The molecule has 7 heterocycles. The number of nitrogens with two attached hydrogens (primary N) is 2. The van der Waals surface area contributed by atoms with Crippen LogP contribution in [0.5, 0.6) is 34.5 Å². The van der Waals surface area contributed by atoms with Gasteiger partial charge in [-0.05, 0) is 133 Å². The summed E-state index contributed by atoms with van der Waals surface area (Å²) >= 11 is 20.7. The summed E-state index contributed by atoms with van der Waals surface area (Å²) in [5, 5.41) is 115. The minimum absolute atomic E-state index is 0.000279. The third-order valence-corrected chi connectivity index (χ3v) is 20.1. The first kappa shape index (κ1) is 72.9. The van der Waals surface area contributed by atoms with E-state index in [2.05, 4.69) is 21.3 Å². The quantitative estimate of drug-likeness (QED) is 0.0628. The fourth-order valence-corrected chi connectivity index (χ4v) is 14.6. The number of primary amides is 1. The Balaban J connectivity index is 1.15. The summed E-state index contributed by atoms with van der Waals surface area (Å²) in [5.74, 6) is -15.0. The van der Waals surface area contributed by atoms with Gasteiger partial charge in [0.25, 0.3) is 0 Å². The van der Waals surface area contributed by atoms with Crippen molar-refractivity contribution >= 4 is 75.5 Å². The molecule has 0 spiro atoms. The third kappa shape index (κ3) is 14.8. The summed E-state index contributed by atoms with van der Waals surface area (Å²) in [6.07, 6.45) is -19.1. The average molecular weight is 1430 g/mol. The lowest BCUT2D eigenvalue weighted by atomic mass is 9.80. The largest absolute Gasteiger partial charge is 0.508 e. The van der Waals surface area contributed by atoms with Crippen molar-refractivity contribution < 1.29 is 103 Å². The van der Waals surface area contributed by atoms with Crippen molar-refractivity contribution in [2.45, 2.75) is 170 Å². The van der Waals surface area contributed by atoms with Gasteiger partial charge in [0, 0.05) is 59.7 Å². The average Bonchev–Trinajstić information content (AvgIpc) is 1.58. The lowest BCUT2D eigenvalue weighted by molar-refractivity contribution is -0.333. The predicted molar refractivity (Wildman–Crippen MR) is 356 cm³/mol. The number of aliphatic hydroxyl groups is 8. The first-order chi connectivity index (χ1) is 46.8. The van der Waals surface area contributed by atoms with E-state index in [0.717, 1.165) is 6.07 Å². The van der Waals surface area contributed by atoms with Gasteiger partial charge in [0.2, 0.25) is 41.5 Å². The van der Waals surface area contributed by atoms with Crippen LogP contribution in [0.2, 0.25) is 10.0 Å². The molecule has 2 fully saturated rings. The predicted octanol–water partition coefficient (Wildman–Crippen LogP) is 3.44. The molecule has 17 unspecified atom stereocenters. The summed E-state index contributed by atoms with van der Waals surface area (Å²) in [6.45, 7) is 5.57. The molecule has 2 saturated heterocycles. The van der Waals surface area contributed by atoms with E-state index in [0.29, 0.717) is 0 Å². The summed E-state index contributed by atoms with van der Waals surface area (Å²) in [4.78, 5) is 88.1. The van der Waals surface area contributed by atoms with E-state index >= 15 is 14.4 Å². The summed E-state index contributed by atoms with van der Waals surface area (Å²) in [7, 11) is 1.53. The van der Waals surface area contributed by atoms with Crippen LogP contribution in [0.15, 0.2) is 78.9 Å². The number of nitrogens with one attached hydrogen (secondary N) is 4. The number of carbonyl (C=O) groups is 6. The summed E-state index contributed by atoms with van der Waals surface area (Å²) in [6, 6.07) is 12.7. The number of fused-ring (bicyclic) bond motifs is 12. The number of hydrogen-bond acceptors (Lipinski definition) is 24. The molecular formula is C69H78Cl2N6O21S. The SMILES string of the molecule is CNC(CC(C)C)C(=O)NC1C(=O)CC(CC(N)=O)C(=O)NC2C(=S)CC3C(=O)CC(C(=O)NCc4cc(O)cc5c4-c4cc3ccc4C5(O)O)C(O)c3ccc(c(Cl)c3)Oc3cc2cc(c3OC2OC(CO)C(O)C(O)C2OC2CC(C)(N)C(O)C(C)O2)Oc2ccc(cc2Cl)C1O. The van der Waals surface area contributed by atoms with Crippen molar-refractivity contribution in [3.8, 4) is 45.6 Å². The Kier molecular flexibility index (Phi) is 21.3. The first-order valence-electron chi connectivity index (χ1n) is 32.2. The number of hydrogen-bond donors (Lipinski definition) is 15. The molecule has 99 heavy (non-hydrogen) atoms. The first-order valence-corrected chi connectivity index (χ1v) is 33.4. The molecule has 27 nitrogen and oxygen atoms in total. The smallest absolute Gasteiger partial charge is 0.237 e. The van der Waals surface area contributed by atoms with Crippen molar-refractivity contribution in [1.82, 2.24) is 21.3 Å². The number of aromatic hydroxyl groups is 1. The Bertz CT molecular complexity index is 4030. The maximum atomic E-state index is 15.6. The molecule has 1 aliphatic carbocycles. The van der Waals surface area contributed by atoms with Gasteiger partial charge in [0.05, 0.1) is 58.9 Å². The molecule has 530 valence electrons. The van der Waals surface area contributed by atoms with Crippen LogP contribution in [0.1, 0.15) is 129 Å². The van der Waals surface area contributed by atoms with Crippen molar-refractivity contribution in [1.29, 1.82) is 0 Å². The number of ketones is 2. The normalized spacial score (nSPS) is 30.2. The molecule has 5 aromatic rings. The number of carbonyl (C=O) groups excluding carboxylic acids is 6. The highest BCUT2D eigenvalue weighted by atomic mass is 35.5. The van der Waals surface area contributed by atoms with Crippen LogP contribution in [0, 0.1) is 17.8 Å². The van der Waals surface area contributed by atoms with Crippen LogP contribution in [0.4, 0.5) is 0 Å². The highest BCUT2D eigenvalue weighted by Gasteiger charge is 2.52. The number of phenols is 1. The summed E-state index contributed by atoms with van der Waals surface area (Å²) < 4.78 is 38.9. The van der Waals surface area contributed by atoms with Gasteiger partial charge in [-0.25, -0.2) is 0 Å². The second kappa shape index (κ2) is 29.0. The van der Waals surface area contributed by atoms with Gasteiger partial charge >= 0.3 is 0 Å². The molecule has 17 N–H and O–H groups in total. The van der Waals surface area contributed by atoms with Gasteiger partial charge in [0.15, 0.2) is 29.7 Å². The molecule has 7 aliphatic heterocycles. The monoisotopic (exact) mass is 1430 g/mol. The molecule has 0 saturated carbocycles. The topological polar surface area (TPSA) is 440 Å². The molecule has 4 amide bonds. The molecule has 11 bridgehead atoms. The van der Waals surface area contributed by atoms with E-state index in [1.807, 2.05) is 13.8 Å². The van der Waals surface area contributed by atoms with Crippen LogP contribution in [-0.2, 0) is 55.3 Å². The van der Waals surface area contributed by atoms with Gasteiger partial charge in [0.1, 0.15) is 53.5 Å². The molecular weight excluding hydrogens is 1350 g/mol. The standard InChI is InChI=1S/C69H78Cl2N6O21S/c1-27(2)12-43(74-5)66(90)77-56-45(81)17-33(20-52(72)82)64(88)76-55-32-18-48(61(49(19-32)95-47-11-8-31(58(56)84)16-42(47)71)98-67-62(60(86)59(85)50(26-78)96-67)97-53-24-68(4,73)63(87)28(3)93-53)94-46-10-7-30(15-41(46)70)57(83)38-22-44(80)36(23-51(55)99)29-6-9-39-37(14-29)54-34(25-75-65(38)89)13-35(79)21-40(54)69(39,91)92/h6-11,13-16,18-19,21,27-28,33,36,38,43,50,53,55-60,62-63,67,74,78-79,83-87,91-92H,12,17,20,22-26,73H2,1-5H3,(H2,72,82)(H,75,89)(H,76,88)(H,77,90). The van der Waals surface area contributed by atoms with Gasteiger partial charge in [-0.2, -0.15) is 0 Å². The van der Waals surface area contributed by atoms with E-state index < -0.39 is 193 Å². The lowest BCUT2D eigenvalue weighted by Crippen LogP contribution is -2.64. The van der Waals surface area contributed by atoms with E-state index in [1.54, 1.807) is 6.92 Å². The second-order valence-corrected chi connectivity index (χ2v) is 28.2. The van der Waals surface area contributed by atoms with Crippen LogP contribution in [0.3, 0.4) is 0 Å². The maximum Gasteiger partial charge on any atom is 0.237 e. The van der Waals surface area contributed by atoms with E-state index in [-0.39, 0.29) is 108 Å². The van der Waals surface area contributed by atoms with Crippen LogP contribution in [0.25, 0.3) is 11.1 Å². The van der Waals surface area contributed by atoms with E-state index in [1.165, 1.54) is 86.8 Å². The number of phenolic OH excluding ortho intramolecular Hbond substituents is 1. The van der Waals surface area contributed by atoms with Gasteiger partial charge in [-0.3, -0.25) is 28.8 Å². The molecule has 5 aromatic carbocycles. The fourth-order valence-electron chi connectivity index (χ4n) is 13.8. The minimum Gasteiger partial charge on any atom is -0.508 e. The zero-order valence-corrected chi connectivity index (χ0v) is 56.5. The zero-order chi connectivity index (χ0) is 71.6. The Morgan fingerprint density at radius 2 is 1.44 bits per heavy atom. The fraction of sp³-hybridized carbons (Fsp3) is 0.464. The lowest BCUT2D eigenvalue weighted by Gasteiger charge is -2.47. The Labute approximate surface area is 583 Å². The van der Waals surface area contributed by atoms with Crippen molar-refractivity contribution in [2.24, 2.45) is 29.2 Å². The third-order valence-electron chi connectivity index (χ3n) is 19.1. The summed E-state index contributed by atoms with van der Waals surface area (Å²) in [5.41, 5.74) is 11.5. The van der Waals surface area contributed by atoms with Crippen molar-refractivity contribution in [2.75, 3.05) is 13.7 Å². The number of thiocarbonyl (C=S) groups is 1. The number of Topliss-reactive ketones (excluding diaryl/α,β-unsaturated/α-hetero) is 2. The zero-order valence-electron chi connectivity index (χ0n) is 54.2. The molecule has 0 aromatic heterocycles. The van der Waals surface area contributed by atoms with E-state index in [4.69, 9.17) is 75.3 Å². The number of likely N-dealkylation sites (N-methyl/N-ethyl adjacent to an activating group) is 1. The molecule has 0 radical (unpaired) electrons. The number of halogens is 2. The van der Waals surface area contributed by atoms with Crippen LogP contribution in [-0.4, -0.2) is 166 Å². The van der Waals surface area contributed by atoms with Crippen LogP contribution < -0.4 is 46.9 Å². The molecule has 17 atom stereocenters. The second-order valence-electron chi connectivity index (χ2n) is 26.8. The highest BCUT2D eigenvalue weighted by Crippen LogP contribution is 2.53. The number of ether oxygens (including phenoxy) is 6. The number of aliphatic hydroxyl groups excluding tert-OH is 6. The van der Waals surface area contributed by atoms with Crippen molar-refractivity contribution in [3.05, 3.63) is 128 Å². The number of rotatable bonds is 12. The molecule has 13 rings (SSSR count). The Morgan fingerprint density at radius 3 is 2.05 bits per heavy atom. The van der Waals surface area contributed by atoms with Gasteiger partial charge in [-0.15, -0.1) is 0 Å². The van der Waals surface area contributed by atoms with E-state index in [9.17, 15) is 60.3 Å².